The van der Waals surface area contributed by atoms with E-state index in [0.717, 1.165) is 6.42 Å². The molecule has 0 radical (unpaired) electrons. The first-order valence-electron chi connectivity index (χ1n) is 4.78. The van der Waals surface area contributed by atoms with Crippen molar-refractivity contribution in [2.75, 3.05) is 6.61 Å². The molecule has 1 aromatic heterocycles. The van der Waals surface area contributed by atoms with E-state index in [9.17, 15) is 0 Å². The van der Waals surface area contributed by atoms with E-state index in [0.29, 0.717) is 23.1 Å². The predicted molar refractivity (Wildman–Crippen MR) is 54.5 cm³/mol. The number of aromatic nitrogens is 2. The average Bonchev–Trinajstić information content (AvgIpc) is 2.84. The van der Waals surface area contributed by atoms with Gasteiger partial charge in [0.25, 0.3) is 0 Å². The molecule has 0 aromatic carbocycles. The summed E-state index contributed by atoms with van der Waals surface area (Å²) in [5.41, 5.74) is 0.525. The molecule has 76 valence electrons. The summed E-state index contributed by atoms with van der Waals surface area (Å²) in [5.74, 6) is 0.564. The van der Waals surface area contributed by atoms with Crippen LogP contribution in [0, 0.1) is 5.41 Å². The molecule has 0 unspecified atom stereocenters. The minimum Gasteiger partial charge on any atom is -0.478 e. The molecule has 1 aromatic rings. The van der Waals surface area contributed by atoms with Gasteiger partial charge in [0.15, 0.2) is 0 Å². The highest BCUT2D eigenvalue weighted by atomic mass is 35.5. The second-order valence-electron chi connectivity index (χ2n) is 4.09. The van der Waals surface area contributed by atoms with E-state index in [1.807, 2.05) is 0 Å². The van der Waals surface area contributed by atoms with Crippen molar-refractivity contribution in [3.05, 3.63) is 17.5 Å². The van der Waals surface area contributed by atoms with Crippen LogP contribution in [0.2, 0.25) is 5.15 Å². The molecule has 0 amide bonds. The molecule has 0 saturated heterocycles. The lowest BCUT2D eigenvalue weighted by Gasteiger charge is -2.08. The van der Waals surface area contributed by atoms with Gasteiger partial charge in [-0.05, 0) is 24.7 Å². The van der Waals surface area contributed by atoms with Crippen LogP contribution < -0.4 is 4.74 Å². The Bertz CT molecular complexity index is 326. The second kappa shape index (κ2) is 3.73. The number of hydrogen-bond donors (Lipinski definition) is 0. The maximum absolute atomic E-state index is 5.69. The molecule has 0 atom stereocenters. The van der Waals surface area contributed by atoms with E-state index in [-0.39, 0.29) is 0 Å². The number of ether oxygens (including phenoxy) is 1. The third-order valence-electron chi connectivity index (χ3n) is 2.67. The monoisotopic (exact) mass is 212 g/mol. The lowest BCUT2D eigenvalue weighted by Crippen LogP contribution is -2.05. The van der Waals surface area contributed by atoms with E-state index in [1.54, 1.807) is 6.07 Å². The summed E-state index contributed by atoms with van der Waals surface area (Å²) < 4.78 is 5.47. The number of nitrogens with zero attached hydrogens (tertiary/aromatic N) is 2. The standard InChI is InChI=1S/C10H13ClN2O/c1-10(2-3-10)4-5-14-9-6-8(11)12-7-13-9/h6-7H,2-5H2,1H3. The van der Waals surface area contributed by atoms with Gasteiger partial charge >= 0.3 is 0 Å². The van der Waals surface area contributed by atoms with Crippen LogP contribution in [0.15, 0.2) is 12.4 Å². The van der Waals surface area contributed by atoms with E-state index < -0.39 is 0 Å². The highest BCUT2D eigenvalue weighted by molar-refractivity contribution is 6.29. The minimum absolute atomic E-state index is 0.424. The molecule has 1 heterocycles. The van der Waals surface area contributed by atoms with Crippen molar-refractivity contribution in [2.45, 2.75) is 26.2 Å². The Morgan fingerprint density at radius 1 is 1.50 bits per heavy atom. The topological polar surface area (TPSA) is 35.0 Å². The van der Waals surface area contributed by atoms with Gasteiger partial charge in [-0.1, -0.05) is 18.5 Å². The summed E-state index contributed by atoms with van der Waals surface area (Å²) in [6.45, 7) is 2.99. The molecule has 0 bridgehead atoms. The Balaban J connectivity index is 1.80. The molecule has 1 aliphatic carbocycles. The molecule has 1 fully saturated rings. The normalized spacial score (nSPS) is 17.9. The van der Waals surface area contributed by atoms with Gasteiger partial charge in [-0.2, -0.15) is 0 Å². The molecule has 1 saturated carbocycles. The fourth-order valence-electron chi connectivity index (χ4n) is 1.26. The summed E-state index contributed by atoms with van der Waals surface area (Å²) in [6, 6.07) is 1.64. The number of rotatable bonds is 4. The van der Waals surface area contributed by atoms with Gasteiger partial charge in [0.1, 0.15) is 11.5 Å². The second-order valence-corrected chi connectivity index (χ2v) is 4.48. The molecule has 3 nitrogen and oxygen atoms in total. The molecule has 1 aliphatic rings. The van der Waals surface area contributed by atoms with Gasteiger partial charge in [0.05, 0.1) is 6.61 Å². The van der Waals surface area contributed by atoms with Crippen LogP contribution in [-0.4, -0.2) is 16.6 Å². The first kappa shape index (κ1) is 9.71. The van der Waals surface area contributed by atoms with Crippen LogP contribution in [-0.2, 0) is 0 Å². The zero-order valence-corrected chi connectivity index (χ0v) is 8.92. The fraction of sp³-hybridized carbons (Fsp3) is 0.600. The van der Waals surface area contributed by atoms with Crippen LogP contribution in [0.4, 0.5) is 0 Å². The van der Waals surface area contributed by atoms with Crippen LogP contribution in [0.5, 0.6) is 5.88 Å². The van der Waals surface area contributed by atoms with Gasteiger partial charge < -0.3 is 4.74 Å². The summed E-state index contributed by atoms with van der Waals surface area (Å²) in [7, 11) is 0. The van der Waals surface area contributed by atoms with Gasteiger partial charge in [-0.15, -0.1) is 0 Å². The number of halogens is 1. The maximum Gasteiger partial charge on any atom is 0.217 e. The molecule has 0 aliphatic heterocycles. The fourth-order valence-corrected chi connectivity index (χ4v) is 1.40. The van der Waals surface area contributed by atoms with Crippen molar-refractivity contribution < 1.29 is 4.74 Å². The van der Waals surface area contributed by atoms with Crippen molar-refractivity contribution in [2.24, 2.45) is 5.41 Å². The van der Waals surface area contributed by atoms with Crippen LogP contribution in [0.25, 0.3) is 0 Å². The van der Waals surface area contributed by atoms with Crippen molar-refractivity contribution in [1.29, 1.82) is 0 Å². The zero-order valence-electron chi connectivity index (χ0n) is 8.16. The number of hydrogen-bond acceptors (Lipinski definition) is 3. The van der Waals surface area contributed by atoms with E-state index >= 15 is 0 Å². The Labute approximate surface area is 88.5 Å². The third kappa shape index (κ3) is 2.58. The van der Waals surface area contributed by atoms with E-state index in [4.69, 9.17) is 16.3 Å². The van der Waals surface area contributed by atoms with Crippen molar-refractivity contribution in [3.63, 3.8) is 0 Å². The molecule has 0 N–H and O–H groups in total. The largest absolute Gasteiger partial charge is 0.478 e. The van der Waals surface area contributed by atoms with E-state index in [1.165, 1.54) is 19.2 Å². The Morgan fingerprint density at radius 3 is 2.93 bits per heavy atom. The zero-order chi connectivity index (χ0) is 10.0. The highest BCUT2D eigenvalue weighted by Crippen LogP contribution is 2.47. The smallest absolute Gasteiger partial charge is 0.217 e. The van der Waals surface area contributed by atoms with Gasteiger partial charge in [0.2, 0.25) is 5.88 Å². The van der Waals surface area contributed by atoms with Crippen molar-refractivity contribution in [1.82, 2.24) is 9.97 Å². The molecular formula is C10H13ClN2O. The van der Waals surface area contributed by atoms with Crippen LogP contribution in [0.3, 0.4) is 0 Å². The quantitative estimate of drug-likeness (QED) is 0.720. The van der Waals surface area contributed by atoms with Crippen LogP contribution >= 0.6 is 11.6 Å². The molecule has 2 rings (SSSR count). The van der Waals surface area contributed by atoms with Crippen molar-refractivity contribution in [3.8, 4) is 5.88 Å². The first-order valence-corrected chi connectivity index (χ1v) is 5.16. The summed E-state index contributed by atoms with van der Waals surface area (Å²) in [4.78, 5) is 7.75. The Hall–Kier alpha value is -0.830. The summed E-state index contributed by atoms with van der Waals surface area (Å²) in [5, 5.41) is 0.424. The molecular weight excluding hydrogens is 200 g/mol. The van der Waals surface area contributed by atoms with Crippen molar-refractivity contribution >= 4 is 11.6 Å². The van der Waals surface area contributed by atoms with Gasteiger partial charge in [-0.3, -0.25) is 0 Å². The predicted octanol–water partition coefficient (Wildman–Crippen LogP) is 2.70. The lowest BCUT2D eigenvalue weighted by molar-refractivity contribution is 0.267. The summed E-state index contributed by atoms with van der Waals surface area (Å²) in [6.07, 6.45) is 5.15. The first-order chi connectivity index (χ1) is 6.68. The van der Waals surface area contributed by atoms with Gasteiger partial charge in [0, 0.05) is 6.07 Å². The SMILES string of the molecule is CC1(CCOc2cc(Cl)ncn2)CC1. The highest BCUT2D eigenvalue weighted by Gasteiger charge is 2.36. The molecule has 0 spiro atoms. The average molecular weight is 213 g/mol. The van der Waals surface area contributed by atoms with Crippen LogP contribution in [0.1, 0.15) is 26.2 Å². The summed E-state index contributed by atoms with van der Waals surface area (Å²) >= 11 is 5.69. The Kier molecular flexibility index (Phi) is 2.59. The van der Waals surface area contributed by atoms with Gasteiger partial charge in [-0.25, -0.2) is 9.97 Å². The third-order valence-corrected chi connectivity index (χ3v) is 2.87. The van der Waals surface area contributed by atoms with E-state index in [2.05, 4.69) is 16.9 Å². The minimum atomic E-state index is 0.424. The molecule has 14 heavy (non-hydrogen) atoms. The Morgan fingerprint density at radius 2 is 2.29 bits per heavy atom. The molecule has 4 heteroatoms. The maximum atomic E-state index is 5.69. The lowest BCUT2D eigenvalue weighted by atomic mass is 10.1.